The number of anilines is 1. The zero-order valence-electron chi connectivity index (χ0n) is 10.2. The fourth-order valence-electron chi connectivity index (χ4n) is 1.53. The number of furan rings is 1. The molecule has 0 aliphatic heterocycles. The highest BCUT2D eigenvalue weighted by Crippen LogP contribution is 2.32. The number of hydrogen-bond acceptors (Lipinski definition) is 3. The van der Waals surface area contributed by atoms with E-state index in [1.54, 1.807) is 24.3 Å². The van der Waals surface area contributed by atoms with Gasteiger partial charge in [0, 0.05) is 10.6 Å². The second-order valence-electron chi connectivity index (χ2n) is 3.96. The Bertz CT molecular complexity index is 571. The van der Waals surface area contributed by atoms with Crippen LogP contribution in [0.4, 0.5) is 18.9 Å². The predicted octanol–water partition coefficient (Wildman–Crippen LogP) is 5.15. The number of rotatable bonds is 5. The van der Waals surface area contributed by atoms with Crippen LogP contribution in [0.15, 0.2) is 45.7 Å². The van der Waals surface area contributed by atoms with Gasteiger partial charge in [-0.2, -0.15) is 13.2 Å². The van der Waals surface area contributed by atoms with E-state index in [1.807, 2.05) is 12.1 Å². The smallest absolute Gasteiger partial charge is 0.398 e. The average Bonchev–Trinajstić information content (AvgIpc) is 2.80. The van der Waals surface area contributed by atoms with Gasteiger partial charge in [-0.25, -0.2) is 0 Å². The molecular formula is C13H11F3INOS. The van der Waals surface area contributed by atoms with Crippen LogP contribution in [0.5, 0.6) is 0 Å². The van der Waals surface area contributed by atoms with Crippen molar-refractivity contribution in [3.05, 3.63) is 45.9 Å². The molecule has 0 aliphatic rings. The van der Waals surface area contributed by atoms with Crippen LogP contribution in [0.3, 0.4) is 0 Å². The maximum atomic E-state index is 12.3. The van der Waals surface area contributed by atoms with Crippen LogP contribution in [0.25, 0.3) is 0 Å². The lowest BCUT2D eigenvalue weighted by atomic mass is 10.3. The Morgan fingerprint density at radius 3 is 2.55 bits per heavy atom. The summed E-state index contributed by atoms with van der Waals surface area (Å²) in [7, 11) is 0. The van der Waals surface area contributed by atoms with Crippen LogP contribution >= 0.6 is 34.4 Å². The van der Waals surface area contributed by atoms with Gasteiger partial charge in [0.25, 0.3) is 0 Å². The van der Waals surface area contributed by atoms with Crippen molar-refractivity contribution < 1.29 is 17.6 Å². The first kappa shape index (κ1) is 15.6. The van der Waals surface area contributed by atoms with E-state index >= 15 is 0 Å². The Kier molecular flexibility index (Phi) is 5.25. The maximum absolute atomic E-state index is 12.3. The molecule has 108 valence electrons. The first-order valence-corrected chi connectivity index (χ1v) is 7.77. The molecule has 0 bridgehead atoms. The lowest BCUT2D eigenvalue weighted by molar-refractivity contribution is -0.105. The highest BCUT2D eigenvalue weighted by molar-refractivity contribution is 14.1. The molecular weight excluding hydrogens is 402 g/mol. The third-order valence-corrected chi connectivity index (χ3v) is 4.08. The van der Waals surface area contributed by atoms with Gasteiger partial charge in [-0.15, -0.1) is 11.8 Å². The van der Waals surface area contributed by atoms with E-state index in [0.29, 0.717) is 17.1 Å². The van der Waals surface area contributed by atoms with E-state index in [1.165, 1.54) is 0 Å². The van der Waals surface area contributed by atoms with Crippen molar-refractivity contribution in [1.82, 2.24) is 0 Å². The summed E-state index contributed by atoms with van der Waals surface area (Å²) in [6, 6.07) is 10.6. The van der Waals surface area contributed by atoms with Crippen molar-refractivity contribution in [3.8, 4) is 0 Å². The van der Waals surface area contributed by atoms with Crippen LogP contribution in [-0.2, 0) is 6.54 Å². The molecule has 1 aromatic heterocycles. The molecule has 0 fully saturated rings. The molecule has 0 saturated heterocycles. The summed E-state index contributed by atoms with van der Waals surface area (Å²) < 4.78 is 43.0. The molecule has 7 heteroatoms. The van der Waals surface area contributed by atoms with Gasteiger partial charge in [0.2, 0.25) is 0 Å². The first-order valence-electron chi connectivity index (χ1n) is 5.71. The molecule has 0 atom stereocenters. The van der Waals surface area contributed by atoms with Crippen LogP contribution in [0.2, 0.25) is 0 Å². The van der Waals surface area contributed by atoms with E-state index in [4.69, 9.17) is 4.42 Å². The molecule has 0 amide bonds. The van der Waals surface area contributed by atoms with Gasteiger partial charge in [0.15, 0.2) is 3.77 Å². The molecule has 2 rings (SSSR count). The first-order chi connectivity index (χ1) is 9.44. The Morgan fingerprint density at radius 1 is 1.15 bits per heavy atom. The summed E-state index contributed by atoms with van der Waals surface area (Å²) in [5.74, 6) is -0.158. The van der Waals surface area contributed by atoms with Gasteiger partial charge in [-0.3, -0.25) is 0 Å². The summed E-state index contributed by atoms with van der Waals surface area (Å²) in [5.41, 5.74) is 0.674. The second kappa shape index (κ2) is 6.75. The molecule has 1 aromatic carbocycles. The molecule has 20 heavy (non-hydrogen) atoms. The standard InChI is InChI=1S/C13H11F3INOS/c14-13(15,16)8-20-11-4-2-1-3-10(11)18-7-9-5-6-12(17)19-9/h1-6,18H,7-8H2. The number of halogens is 4. The summed E-state index contributed by atoms with van der Waals surface area (Å²) in [6.07, 6.45) is -4.17. The molecule has 0 radical (unpaired) electrons. The van der Waals surface area contributed by atoms with Crippen molar-refractivity contribution in [1.29, 1.82) is 0 Å². The van der Waals surface area contributed by atoms with Gasteiger partial charge in [0.05, 0.1) is 12.3 Å². The zero-order valence-corrected chi connectivity index (χ0v) is 13.2. The Hall–Kier alpha value is -0.830. The lowest BCUT2D eigenvalue weighted by Crippen LogP contribution is -2.11. The van der Waals surface area contributed by atoms with Gasteiger partial charge in [-0.05, 0) is 46.9 Å². The molecule has 0 aliphatic carbocycles. The van der Waals surface area contributed by atoms with E-state index in [2.05, 4.69) is 27.9 Å². The van der Waals surface area contributed by atoms with Crippen molar-refractivity contribution in [2.75, 3.05) is 11.1 Å². The monoisotopic (exact) mass is 413 g/mol. The van der Waals surface area contributed by atoms with Crippen molar-refractivity contribution in [2.24, 2.45) is 0 Å². The summed E-state index contributed by atoms with van der Waals surface area (Å²) in [5, 5.41) is 3.09. The van der Waals surface area contributed by atoms with Crippen molar-refractivity contribution >= 4 is 40.0 Å². The number of nitrogens with one attached hydrogen (secondary N) is 1. The van der Waals surface area contributed by atoms with Crippen LogP contribution in [-0.4, -0.2) is 11.9 Å². The van der Waals surface area contributed by atoms with Gasteiger partial charge in [-0.1, -0.05) is 12.1 Å². The normalized spacial score (nSPS) is 11.6. The van der Waals surface area contributed by atoms with Crippen LogP contribution in [0.1, 0.15) is 5.76 Å². The van der Waals surface area contributed by atoms with Crippen molar-refractivity contribution in [2.45, 2.75) is 17.6 Å². The minimum absolute atomic E-state index is 0.437. The predicted molar refractivity (Wildman–Crippen MR) is 82.0 cm³/mol. The lowest BCUT2D eigenvalue weighted by Gasteiger charge is -2.11. The molecule has 2 nitrogen and oxygen atoms in total. The molecule has 1 N–H and O–H groups in total. The molecule has 0 unspecified atom stereocenters. The number of para-hydroxylation sites is 1. The highest BCUT2D eigenvalue weighted by atomic mass is 127. The van der Waals surface area contributed by atoms with E-state index in [-0.39, 0.29) is 0 Å². The Labute approximate surface area is 132 Å². The summed E-state index contributed by atoms with van der Waals surface area (Å²) in [6.45, 7) is 0.437. The van der Waals surface area contributed by atoms with Crippen LogP contribution in [0, 0.1) is 3.77 Å². The van der Waals surface area contributed by atoms with E-state index in [0.717, 1.165) is 21.3 Å². The molecule has 2 aromatic rings. The van der Waals surface area contributed by atoms with Gasteiger partial charge >= 0.3 is 6.18 Å². The Balaban J connectivity index is 2.00. The maximum Gasteiger partial charge on any atom is 0.398 e. The summed E-state index contributed by atoms with van der Waals surface area (Å²) in [4.78, 5) is 0.575. The fourth-order valence-corrected chi connectivity index (χ4v) is 2.78. The molecule has 0 spiro atoms. The van der Waals surface area contributed by atoms with Crippen molar-refractivity contribution in [3.63, 3.8) is 0 Å². The topological polar surface area (TPSA) is 25.2 Å². The minimum Gasteiger partial charge on any atom is -0.454 e. The largest absolute Gasteiger partial charge is 0.454 e. The summed E-state index contributed by atoms with van der Waals surface area (Å²) >= 11 is 2.83. The van der Waals surface area contributed by atoms with E-state index in [9.17, 15) is 13.2 Å². The Morgan fingerprint density at radius 2 is 1.90 bits per heavy atom. The number of benzene rings is 1. The zero-order chi connectivity index (χ0) is 14.6. The van der Waals surface area contributed by atoms with E-state index < -0.39 is 11.9 Å². The minimum atomic E-state index is -4.17. The molecule has 1 heterocycles. The SMILES string of the molecule is FC(F)(F)CSc1ccccc1NCc1ccc(I)o1. The number of alkyl halides is 3. The fraction of sp³-hybridized carbons (Fsp3) is 0.231. The van der Waals surface area contributed by atoms with Gasteiger partial charge < -0.3 is 9.73 Å². The number of thioether (sulfide) groups is 1. The van der Waals surface area contributed by atoms with Gasteiger partial charge in [0.1, 0.15) is 5.76 Å². The van der Waals surface area contributed by atoms with Crippen LogP contribution < -0.4 is 5.32 Å². The number of hydrogen-bond donors (Lipinski definition) is 1. The third-order valence-electron chi connectivity index (χ3n) is 2.36. The quantitative estimate of drug-likeness (QED) is 0.542. The average molecular weight is 413 g/mol. The second-order valence-corrected chi connectivity index (χ2v) is 6.04. The highest BCUT2D eigenvalue weighted by Gasteiger charge is 2.27. The third kappa shape index (κ3) is 4.93. The molecule has 0 saturated carbocycles.